The zero-order valence-corrected chi connectivity index (χ0v) is 32.5. The van der Waals surface area contributed by atoms with Gasteiger partial charge in [0.05, 0.1) is 0 Å². The Hall–Kier alpha value is -3.32. The molecule has 0 atom stereocenters. The Morgan fingerprint density at radius 3 is 1.17 bits per heavy atom. The lowest BCUT2D eigenvalue weighted by Crippen LogP contribution is -1.95. The van der Waals surface area contributed by atoms with Crippen LogP contribution in [0, 0.1) is 13.8 Å². The molecule has 0 fully saturated rings. The van der Waals surface area contributed by atoms with E-state index in [-0.39, 0.29) is 0 Å². The largest absolute Gasteiger partial charge is 0.507 e. The number of phenolic OH excluding ortho intramolecular Hbond substituents is 1. The minimum Gasteiger partial charge on any atom is -0.507 e. The highest BCUT2D eigenvalue weighted by molar-refractivity contribution is 5.93. The normalized spacial score (nSPS) is 13.9. The van der Waals surface area contributed by atoms with Gasteiger partial charge in [0.1, 0.15) is 5.75 Å². The van der Waals surface area contributed by atoms with Gasteiger partial charge in [-0.15, -0.1) is 0 Å². The second-order valence-electron chi connectivity index (χ2n) is 14.6. The van der Waals surface area contributed by atoms with E-state index in [0.29, 0.717) is 5.75 Å². The van der Waals surface area contributed by atoms with Crippen LogP contribution in [0.4, 0.5) is 0 Å². The Bertz CT molecular complexity index is 1520. The number of allylic oxidation sites excluding steroid dienone is 14. The van der Waals surface area contributed by atoms with Crippen molar-refractivity contribution in [3.8, 4) is 5.75 Å². The fourth-order valence-electron chi connectivity index (χ4n) is 6.24. The first kappa shape index (κ1) is 40.9. The van der Waals surface area contributed by atoms with E-state index in [1.54, 1.807) is 0 Å². The molecule has 2 aromatic rings. The van der Waals surface area contributed by atoms with Crippen LogP contribution in [0.3, 0.4) is 0 Å². The molecule has 0 spiro atoms. The van der Waals surface area contributed by atoms with Crippen molar-refractivity contribution < 1.29 is 5.11 Å². The van der Waals surface area contributed by atoms with Crippen molar-refractivity contribution in [2.75, 3.05) is 0 Å². The first-order chi connectivity index (χ1) is 22.9. The summed E-state index contributed by atoms with van der Waals surface area (Å²) in [6.07, 6.45) is 31.3. The fourth-order valence-corrected chi connectivity index (χ4v) is 6.24. The molecule has 0 aliphatic rings. The van der Waals surface area contributed by atoms with E-state index in [4.69, 9.17) is 0 Å². The van der Waals surface area contributed by atoms with E-state index < -0.39 is 0 Å². The maximum Gasteiger partial charge on any atom is 0.127 e. The molecular formula is C47H68O. The van der Waals surface area contributed by atoms with E-state index in [0.717, 1.165) is 74.1 Å². The van der Waals surface area contributed by atoms with E-state index in [1.165, 1.54) is 75.8 Å². The maximum absolute atomic E-state index is 11.0. The Kier molecular flexibility index (Phi) is 19.0. The van der Waals surface area contributed by atoms with Gasteiger partial charge in [-0.25, -0.2) is 0 Å². The minimum absolute atomic E-state index is 0.442. The first-order valence-corrected chi connectivity index (χ1v) is 18.7. The Balaban J connectivity index is 1.67. The average molecular weight is 649 g/mol. The Morgan fingerprint density at radius 1 is 0.458 bits per heavy atom. The highest BCUT2D eigenvalue weighted by Crippen LogP contribution is 2.35. The third-order valence-corrected chi connectivity index (χ3v) is 9.79. The summed E-state index contributed by atoms with van der Waals surface area (Å²) in [5, 5.41) is 13.1. The highest BCUT2D eigenvalue weighted by Gasteiger charge is 2.13. The van der Waals surface area contributed by atoms with Crippen LogP contribution in [0.5, 0.6) is 5.75 Å². The molecule has 0 saturated carbocycles. The van der Waals surface area contributed by atoms with Crippen LogP contribution in [-0.2, 0) is 6.42 Å². The molecule has 2 rings (SSSR count). The van der Waals surface area contributed by atoms with Crippen LogP contribution in [0.2, 0.25) is 0 Å². The summed E-state index contributed by atoms with van der Waals surface area (Å²) in [4.78, 5) is 0. The quantitative estimate of drug-likeness (QED) is 0.142. The summed E-state index contributed by atoms with van der Waals surface area (Å²) in [6, 6.07) is 8.18. The molecule has 48 heavy (non-hydrogen) atoms. The van der Waals surface area contributed by atoms with Gasteiger partial charge in [0.2, 0.25) is 0 Å². The van der Waals surface area contributed by atoms with E-state index in [1.807, 2.05) is 18.2 Å². The number of hydrogen-bond donors (Lipinski definition) is 1. The van der Waals surface area contributed by atoms with Crippen LogP contribution in [0.25, 0.3) is 10.8 Å². The second kappa shape index (κ2) is 22.3. The summed E-state index contributed by atoms with van der Waals surface area (Å²) in [5.74, 6) is 0.442. The van der Waals surface area contributed by atoms with Gasteiger partial charge in [-0.1, -0.05) is 106 Å². The van der Waals surface area contributed by atoms with Gasteiger partial charge in [0.25, 0.3) is 0 Å². The number of aryl methyl sites for hydroxylation is 1. The van der Waals surface area contributed by atoms with Crippen molar-refractivity contribution in [1.29, 1.82) is 0 Å². The lowest BCUT2D eigenvalue weighted by atomic mass is 9.92. The van der Waals surface area contributed by atoms with Crippen molar-refractivity contribution in [2.45, 2.75) is 153 Å². The first-order valence-electron chi connectivity index (χ1n) is 18.7. The molecule has 0 aliphatic heterocycles. The average Bonchev–Trinajstić information content (AvgIpc) is 3.03. The monoisotopic (exact) mass is 649 g/mol. The molecular weight excluding hydrogens is 581 g/mol. The molecule has 0 bridgehead atoms. The molecule has 2 aromatic carbocycles. The molecule has 0 unspecified atom stereocenters. The van der Waals surface area contributed by atoms with E-state index in [9.17, 15) is 5.11 Å². The summed E-state index contributed by atoms with van der Waals surface area (Å²) >= 11 is 0. The van der Waals surface area contributed by atoms with Crippen molar-refractivity contribution in [2.24, 2.45) is 0 Å². The second-order valence-corrected chi connectivity index (χ2v) is 14.6. The van der Waals surface area contributed by atoms with Gasteiger partial charge >= 0.3 is 0 Å². The molecule has 0 aliphatic carbocycles. The standard InChI is InChI=1S/C47H68O/c1-35(2)19-13-20-36(3)21-14-22-37(4)23-15-24-38(5)25-16-26-39(6)27-17-28-40(7)29-18-30-41(8)33-34-45-43(10)42(9)44-31-11-12-32-46(44)47(45)48/h11-12,19,21,23,25,27,29,31-33,48H,13-18,20,22,24,26,28,30,34H2,1-10H3/b36-21+,37-23+,38-25+,39-27+,40-29+,41-33+. The van der Waals surface area contributed by atoms with Crippen molar-refractivity contribution in [1.82, 2.24) is 0 Å². The number of rotatable bonds is 20. The van der Waals surface area contributed by atoms with Gasteiger partial charge < -0.3 is 5.11 Å². The van der Waals surface area contributed by atoms with Gasteiger partial charge in [0, 0.05) is 10.9 Å². The van der Waals surface area contributed by atoms with Crippen LogP contribution >= 0.6 is 0 Å². The number of phenols is 1. The Labute approximate surface area is 296 Å². The van der Waals surface area contributed by atoms with E-state index in [2.05, 4.69) is 118 Å². The van der Waals surface area contributed by atoms with Crippen molar-refractivity contribution in [3.63, 3.8) is 0 Å². The van der Waals surface area contributed by atoms with Gasteiger partial charge in [0.15, 0.2) is 0 Å². The lowest BCUT2D eigenvalue weighted by Gasteiger charge is -2.14. The molecule has 1 N–H and O–H groups in total. The lowest BCUT2D eigenvalue weighted by molar-refractivity contribution is 0.475. The summed E-state index contributed by atoms with van der Waals surface area (Å²) in [6.45, 7) is 22.3. The van der Waals surface area contributed by atoms with Gasteiger partial charge in [-0.05, 0) is 169 Å². The van der Waals surface area contributed by atoms with Crippen LogP contribution in [0.15, 0.2) is 106 Å². The van der Waals surface area contributed by atoms with Crippen molar-refractivity contribution in [3.05, 3.63) is 122 Å². The van der Waals surface area contributed by atoms with E-state index >= 15 is 0 Å². The molecule has 0 amide bonds. The molecule has 0 heterocycles. The highest BCUT2D eigenvalue weighted by atomic mass is 16.3. The fraction of sp³-hybridized carbons (Fsp3) is 0.489. The number of fused-ring (bicyclic) bond motifs is 1. The van der Waals surface area contributed by atoms with Gasteiger partial charge in [-0.3, -0.25) is 0 Å². The van der Waals surface area contributed by atoms with Crippen LogP contribution in [0.1, 0.15) is 149 Å². The molecule has 0 saturated heterocycles. The number of benzene rings is 2. The Morgan fingerprint density at radius 2 is 0.792 bits per heavy atom. The topological polar surface area (TPSA) is 20.2 Å². The minimum atomic E-state index is 0.442. The zero-order chi connectivity index (χ0) is 35.5. The smallest absolute Gasteiger partial charge is 0.127 e. The van der Waals surface area contributed by atoms with Crippen LogP contribution < -0.4 is 0 Å². The predicted molar refractivity (Wildman–Crippen MR) is 216 cm³/mol. The third-order valence-electron chi connectivity index (χ3n) is 9.79. The number of aromatic hydroxyl groups is 1. The number of hydrogen-bond acceptors (Lipinski definition) is 1. The summed E-state index contributed by atoms with van der Waals surface area (Å²) in [5.41, 5.74) is 13.9. The molecule has 0 aromatic heterocycles. The third kappa shape index (κ3) is 15.7. The zero-order valence-electron chi connectivity index (χ0n) is 32.5. The SMILES string of the molecule is CC(C)=CCC/C(C)=C/CC/C(C)=C/CC/C(C)=C/CC/C(C)=C/CC/C(C)=C/CC/C(C)=C/Cc1c(C)c(C)c2ccccc2c1O. The molecule has 1 heteroatoms. The molecule has 0 radical (unpaired) electrons. The molecule has 1 nitrogen and oxygen atoms in total. The summed E-state index contributed by atoms with van der Waals surface area (Å²) in [7, 11) is 0. The predicted octanol–water partition coefficient (Wildman–Crippen LogP) is 15.0. The molecule has 262 valence electrons. The van der Waals surface area contributed by atoms with Gasteiger partial charge in [-0.2, -0.15) is 0 Å². The summed E-state index contributed by atoms with van der Waals surface area (Å²) < 4.78 is 0. The van der Waals surface area contributed by atoms with Crippen LogP contribution in [-0.4, -0.2) is 5.11 Å². The maximum atomic E-state index is 11.0. The van der Waals surface area contributed by atoms with Crippen molar-refractivity contribution >= 4 is 10.8 Å².